The first-order valence-electron chi connectivity index (χ1n) is 7.44. The van der Waals surface area contributed by atoms with Crippen LogP contribution < -0.4 is 15.4 Å². The highest BCUT2D eigenvalue weighted by Gasteiger charge is 2.09. The molecule has 0 fully saturated rings. The standard InChI is InChI=1S/C16H26N2O/c1-13(2)18-9-4-8-17-12-14-6-7-16-15(11-14)5-3-10-19-16/h6-7,11,13,17-18H,3-5,8-10,12H2,1-2H3. The van der Waals surface area contributed by atoms with E-state index in [1.807, 2.05) is 0 Å². The molecule has 0 saturated heterocycles. The van der Waals surface area contributed by atoms with Gasteiger partial charge in [-0.2, -0.15) is 0 Å². The topological polar surface area (TPSA) is 33.3 Å². The average molecular weight is 262 g/mol. The molecule has 19 heavy (non-hydrogen) atoms. The molecule has 3 nitrogen and oxygen atoms in total. The van der Waals surface area contributed by atoms with Gasteiger partial charge in [-0.15, -0.1) is 0 Å². The molecule has 1 aromatic rings. The molecule has 3 heteroatoms. The lowest BCUT2D eigenvalue weighted by molar-refractivity contribution is 0.288. The van der Waals surface area contributed by atoms with Crippen LogP contribution in [-0.4, -0.2) is 25.7 Å². The van der Waals surface area contributed by atoms with Crippen LogP contribution in [0.5, 0.6) is 5.75 Å². The molecular formula is C16H26N2O. The number of aryl methyl sites for hydroxylation is 1. The first kappa shape index (κ1) is 14.4. The third-order valence-electron chi connectivity index (χ3n) is 3.38. The molecule has 1 aromatic carbocycles. The number of nitrogens with one attached hydrogen (secondary N) is 2. The van der Waals surface area contributed by atoms with Crippen molar-refractivity contribution in [3.8, 4) is 5.75 Å². The van der Waals surface area contributed by atoms with E-state index in [4.69, 9.17) is 4.74 Å². The zero-order chi connectivity index (χ0) is 13.5. The monoisotopic (exact) mass is 262 g/mol. The van der Waals surface area contributed by atoms with Crippen molar-refractivity contribution in [3.05, 3.63) is 29.3 Å². The lowest BCUT2D eigenvalue weighted by Crippen LogP contribution is -2.26. The predicted octanol–water partition coefficient (Wildman–Crippen LogP) is 2.49. The van der Waals surface area contributed by atoms with Crippen molar-refractivity contribution in [2.45, 2.75) is 45.7 Å². The Morgan fingerprint density at radius 1 is 1.26 bits per heavy atom. The molecule has 2 rings (SSSR count). The second-order valence-electron chi connectivity index (χ2n) is 5.53. The van der Waals surface area contributed by atoms with Gasteiger partial charge in [-0.1, -0.05) is 26.0 Å². The van der Waals surface area contributed by atoms with E-state index >= 15 is 0 Å². The van der Waals surface area contributed by atoms with Gasteiger partial charge in [0.1, 0.15) is 5.75 Å². The highest BCUT2D eigenvalue weighted by Crippen LogP contribution is 2.25. The minimum absolute atomic E-state index is 0.584. The number of fused-ring (bicyclic) bond motifs is 1. The molecule has 1 aliphatic rings. The summed E-state index contributed by atoms with van der Waals surface area (Å²) < 4.78 is 5.63. The second-order valence-corrected chi connectivity index (χ2v) is 5.53. The zero-order valence-corrected chi connectivity index (χ0v) is 12.2. The maximum Gasteiger partial charge on any atom is 0.122 e. The average Bonchev–Trinajstić information content (AvgIpc) is 2.42. The van der Waals surface area contributed by atoms with E-state index in [0.717, 1.165) is 44.8 Å². The third-order valence-corrected chi connectivity index (χ3v) is 3.38. The zero-order valence-electron chi connectivity index (χ0n) is 12.2. The van der Waals surface area contributed by atoms with Crippen molar-refractivity contribution in [3.63, 3.8) is 0 Å². The summed E-state index contributed by atoms with van der Waals surface area (Å²) in [6.07, 6.45) is 3.47. The van der Waals surface area contributed by atoms with E-state index in [0.29, 0.717) is 6.04 Å². The van der Waals surface area contributed by atoms with Crippen molar-refractivity contribution in [2.75, 3.05) is 19.7 Å². The van der Waals surface area contributed by atoms with Gasteiger partial charge < -0.3 is 15.4 Å². The maximum atomic E-state index is 5.63. The molecule has 1 aliphatic heterocycles. The first-order valence-corrected chi connectivity index (χ1v) is 7.44. The molecule has 0 bridgehead atoms. The summed E-state index contributed by atoms with van der Waals surface area (Å²) in [5.41, 5.74) is 2.73. The Morgan fingerprint density at radius 3 is 3.00 bits per heavy atom. The minimum Gasteiger partial charge on any atom is -0.493 e. The van der Waals surface area contributed by atoms with E-state index < -0.39 is 0 Å². The number of rotatable bonds is 7. The van der Waals surface area contributed by atoms with Gasteiger partial charge in [-0.25, -0.2) is 0 Å². The largest absolute Gasteiger partial charge is 0.493 e. The van der Waals surface area contributed by atoms with Crippen LogP contribution in [0.4, 0.5) is 0 Å². The molecule has 0 aliphatic carbocycles. The Kier molecular flexibility index (Phi) is 5.67. The molecule has 0 atom stereocenters. The van der Waals surface area contributed by atoms with Crippen LogP contribution in [0, 0.1) is 0 Å². The summed E-state index contributed by atoms with van der Waals surface area (Å²) >= 11 is 0. The van der Waals surface area contributed by atoms with Gasteiger partial charge in [0.2, 0.25) is 0 Å². The molecule has 2 N–H and O–H groups in total. The number of hydrogen-bond donors (Lipinski definition) is 2. The number of benzene rings is 1. The Labute approximate surface area is 116 Å². The first-order chi connectivity index (χ1) is 9.25. The van der Waals surface area contributed by atoms with E-state index in [-0.39, 0.29) is 0 Å². The van der Waals surface area contributed by atoms with Crippen molar-refractivity contribution < 1.29 is 4.74 Å². The van der Waals surface area contributed by atoms with Gasteiger partial charge in [-0.05, 0) is 49.5 Å². The van der Waals surface area contributed by atoms with Gasteiger partial charge in [-0.3, -0.25) is 0 Å². The van der Waals surface area contributed by atoms with Crippen LogP contribution in [0.1, 0.15) is 37.8 Å². The summed E-state index contributed by atoms with van der Waals surface area (Å²) in [6, 6.07) is 7.16. The van der Waals surface area contributed by atoms with Crippen molar-refractivity contribution in [1.29, 1.82) is 0 Å². The fourth-order valence-electron chi connectivity index (χ4n) is 2.36. The number of ether oxygens (including phenoxy) is 1. The van der Waals surface area contributed by atoms with Crippen LogP contribution in [0.15, 0.2) is 18.2 Å². The second kappa shape index (κ2) is 7.51. The molecule has 1 heterocycles. The molecule has 0 amide bonds. The van der Waals surface area contributed by atoms with E-state index in [2.05, 4.69) is 42.7 Å². The van der Waals surface area contributed by atoms with Gasteiger partial charge >= 0.3 is 0 Å². The number of hydrogen-bond acceptors (Lipinski definition) is 3. The fourth-order valence-corrected chi connectivity index (χ4v) is 2.36. The normalized spacial score (nSPS) is 14.3. The fraction of sp³-hybridized carbons (Fsp3) is 0.625. The van der Waals surface area contributed by atoms with E-state index in [9.17, 15) is 0 Å². The van der Waals surface area contributed by atoms with Crippen LogP contribution in [0.25, 0.3) is 0 Å². The molecular weight excluding hydrogens is 236 g/mol. The molecule has 0 aromatic heterocycles. The van der Waals surface area contributed by atoms with Crippen LogP contribution in [0.2, 0.25) is 0 Å². The highest BCUT2D eigenvalue weighted by molar-refractivity contribution is 5.38. The summed E-state index contributed by atoms with van der Waals surface area (Å²) in [5.74, 6) is 1.08. The molecule has 0 radical (unpaired) electrons. The van der Waals surface area contributed by atoms with E-state index in [1.54, 1.807) is 0 Å². The SMILES string of the molecule is CC(C)NCCCNCc1ccc2c(c1)CCCO2. The predicted molar refractivity (Wildman–Crippen MR) is 79.7 cm³/mol. The molecule has 0 unspecified atom stereocenters. The maximum absolute atomic E-state index is 5.63. The lowest BCUT2D eigenvalue weighted by atomic mass is 10.0. The van der Waals surface area contributed by atoms with Crippen LogP contribution >= 0.6 is 0 Å². The third kappa shape index (κ3) is 4.84. The summed E-state index contributed by atoms with van der Waals surface area (Å²) in [5, 5.41) is 6.93. The Hall–Kier alpha value is -1.06. The van der Waals surface area contributed by atoms with E-state index in [1.165, 1.54) is 17.5 Å². The summed E-state index contributed by atoms with van der Waals surface area (Å²) in [6.45, 7) is 8.34. The Bertz CT molecular complexity index is 390. The van der Waals surface area contributed by atoms with Crippen LogP contribution in [0.3, 0.4) is 0 Å². The van der Waals surface area contributed by atoms with Crippen molar-refractivity contribution >= 4 is 0 Å². The van der Waals surface area contributed by atoms with Gasteiger partial charge in [0.15, 0.2) is 0 Å². The Balaban J connectivity index is 1.68. The van der Waals surface area contributed by atoms with Crippen molar-refractivity contribution in [2.24, 2.45) is 0 Å². The highest BCUT2D eigenvalue weighted by atomic mass is 16.5. The summed E-state index contributed by atoms with van der Waals surface area (Å²) in [7, 11) is 0. The van der Waals surface area contributed by atoms with Gasteiger partial charge in [0.05, 0.1) is 6.61 Å². The molecule has 106 valence electrons. The quantitative estimate of drug-likeness (QED) is 0.741. The van der Waals surface area contributed by atoms with Gasteiger partial charge in [0, 0.05) is 12.6 Å². The molecule has 0 saturated carbocycles. The smallest absolute Gasteiger partial charge is 0.122 e. The lowest BCUT2D eigenvalue weighted by Gasteiger charge is -2.18. The molecule has 0 spiro atoms. The van der Waals surface area contributed by atoms with Crippen LogP contribution in [-0.2, 0) is 13.0 Å². The summed E-state index contributed by atoms with van der Waals surface area (Å²) in [4.78, 5) is 0. The Morgan fingerprint density at radius 2 is 2.16 bits per heavy atom. The minimum atomic E-state index is 0.584. The van der Waals surface area contributed by atoms with Crippen molar-refractivity contribution in [1.82, 2.24) is 10.6 Å². The van der Waals surface area contributed by atoms with Gasteiger partial charge in [0.25, 0.3) is 0 Å².